The molecular weight excluding hydrogens is 399 g/mol. The summed E-state index contributed by atoms with van der Waals surface area (Å²) in [6, 6.07) is 12.3. The minimum atomic E-state index is -4.95. The van der Waals surface area contributed by atoms with Crippen LogP contribution in [0.2, 0.25) is 0 Å². The maximum absolute atomic E-state index is 14.5. The lowest BCUT2D eigenvalue weighted by molar-refractivity contribution is -0.275. The molecule has 0 saturated carbocycles. The molecule has 0 amide bonds. The molecule has 0 spiro atoms. The Morgan fingerprint density at radius 3 is 2.47 bits per heavy atom. The molecule has 30 heavy (non-hydrogen) atoms. The van der Waals surface area contributed by atoms with E-state index < -0.39 is 17.9 Å². The second-order valence-corrected chi connectivity index (χ2v) is 7.80. The molecule has 0 heterocycles. The maximum atomic E-state index is 14.5. The van der Waals surface area contributed by atoms with E-state index in [0.717, 1.165) is 59.7 Å². The van der Waals surface area contributed by atoms with Crippen molar-refractivity contribution in [3.05, 3.63) is 76.9 Å². The smallest absolute Gasteiger partial charge is 0.403 e. The Kier molecular flexibility index (Phi) is 5.43. The Morgan fingerprint density at radius 1 is 1.00 bits per heavy atom. The van der Waals surface area contributed by atoms with E-state index in [4.69, 9.17) is 0 Å². The molecule has 3 aromatic carbocycles. The third-order valence-corrected chi connectivity index (χ3v) is 5.90. The standard InChI is InChI=1S/C24H21F5O/c1-2-3-15-6-9-18-19(10-5-14-4-8-17(25)13-20(14)18)23(15)16-7-11-22(21(26)12-16)30-24(27,28)29/h4-5,7-8,10-13,15,23H,2-3,6,9H2,1H3. The van der Waals surface area contributed by atoms with Crippen LogP contribution in [0.3, 0.4) is 0 Å². The lowest BCUT2D eigenvalue weighted by Gasteiger charge is -2.35. The summed E-state index contributed by atoms with van der Waals surface area (Å²) >= 11 is 0. The fraction of sp³-hybridized carbons (Fsp3) is 0.333. The second-order valence-electron chi connectivity index (χ2n) is 7.80. The van der Waals surface area contributed by atoms with Gasteiger partial charge in [0, 0.05) is 5.92 Å². The highest BCUT2D eigenvalue weighted by Gasteiger charge is 2.34. The lowest BCUT2D eigenvalue weighted by Crippen LogP contribution is -2.22. The van der Waals surface area contributed by atoms with Gasteiger partial charge < -0.3 is 4.74 Å². The first kappa shape index (κ1) is 20.6. The number of ether oxygens (including phenoxy) is 1. The molecule has 1 aliphatic rings. The van der Waals surface area contributed by atoms with Crippen molar-refractivity contribution >= 4 is 10.8 Å². The number of aryl methyl sites for hydroxylation is 1. The van der Waals surface area contributed by atoms with E-state index in [1.165, 1.54) is 18.2 Å². The van der Waals surface area contributed by atoms with E-state index in [1.807, 2.05) is 12.1 Å². The fourth-order valence-corrected chi connectivity index (χ4v) is 4.74. The van der Waals surface area contributed by atoms with Crippen LogP contribution in [0.4, 0.5) is 22.0 Å². The van der Waals surface area contributed by atoms with E-state index in [2.05, 4.69) is 11.7 Å². The first-order valence-electron chi connectivity index (χ1n) is 10.0. The van der Waals surface area contributed by atoms with Crippen LogP contribution < -0.4 is 4.74 Å². The van der Waals surface area contributed by atoms with Gasteiger partial charge in [-0.2, -0.15) is 0 Å². The number of fused-ring (bicyclic) bond motifs is 3. The van der Waals surface area contributed by atoms with Gasteiger partial charge in [-0.15, -0.1) is 13.2 Å². The SMILES string of the molecule is CCCC1CCc2c(ccc3ccc(F)cc23)C1c1ccc(OC(F)(F)F)c(F)c1. The fourth-order valence-electron chi connectivity index (χ4n) is 4.74. The highest BCUT2D eigenvalue weighted by Crippen LogP contribution is 2.45. The first-order valence-corrected chi connectivity index (χ1v) is 10.0. The first-order chi connectivity index (χ1) is 14.3. The molecule has 1 aliphatic carbocycles. The third-order valence-electron chi connectivity index (χ3n) is 5.90. The van der Waals surface area contributed by atoms with E-state index in [0.29, 0.717) is 5.56 Å². The number of halogens is 5. The number of rotatable bonds is 4. The molecule has 4 rings (SSSR count). The average Bonchev–Trinajstić information content (AvgIpc) is 2.68. The Morgan fingerprint density at radius 2 is 1.77 bits per heavy atom. The topological polar surface area (TPSA) is 9.23 Å². The number of hydrogen-bond acceptors (Lipinski definition) is 1. The van der Waals surface area contributed by atoms with Gasteiger partial charge in [-0.05, 0) is 76.9 Å². The predicted molar refractivity (Wildman–Crippen MR) is 106 cm³/mol. The minimum absolute atomic E-state index is 0.171. The zero-order valence-electron chi connectivity index (χ0n) is 16.4. The van der Waals surface area contributed by atoms with Crippen molar-refractivity contribution < 1.29 is 26.7 Å². The van der Waals surface area contributed by atoms with Crippen molar-refractivity contribution in [2.45, 2.75) is 44.9 Å². The van der Waals surface area contributed by atoms with Crippen LogP contribution in [0.25, 0.3) is 10.8 Å². The molecule has 2 unspecified atom stereocenters. The molecule has 0 bridgehead atoms. The zero-order valence-corrected chi connectivity index (χ0v) is 16.4. The van der Waals surface area contributed by atoms with Crippen molar-refractivity contribution in [1.82, 2.24) is 0 Å². The average molecular weight is 420 g/mol. The summed E-state index contributed by atoms with van der Waals surface area (Å²) in [7, 11) is 0. The van der Waals surface area contributed by atoms with Gasteiger partial charge in [-0.25, -0.2) is 8.78 Å². The molecule has 158 valence electrons. The minimum Gasteiger partial charge on any atom is -0.403 e. The summed E-state index contributed by atoms with van der Waals surface area (Å²) in [5, 5.41) is 1.77. The largest absolute Gasteiger partial charge is 0.573 e. The predicted octanol–water partition coefficient (Wildman–Crippen LogP) is 7.51. The Hall–Kier alpha value is -2.63. The molecule has 1 nitrogen and oxygen atoms in total. The molecule has 0 fully saturated rings. The van der Waals surface area contributed by atoms with Gasteiger partial charge in [0.25, 0.3) is 0 Å². The van der Waals surface area contributed by atoms with Crippen LogP contribution in [0.5, 0.6) is 5.75 Å². The normalized spacial score (nSPS) is 19.0. The second kappa shape index (κ2) is 7.89. The van der Waals surface area contributed by atoms with E-state index in [1.54, 1.807) is 6.07 Å². The molecule has 0 aromatic heterocycles. The van der Waals surface area contributed by atoms with Gasteiger partial charge in [0.1, 0.15) is 5.82 Å². The molecule has 0 radical (unpaired) electrons. The molecule has 6 heteroatoms. The van der Waals surface area contributed by atoms with Crippen LogP contribution in [-0.4, -0.2) is 6.36 Å². The van der Waals surface area contributed by atoms with E-state index >= 15 is 0 Å². The van der Waals surface area contributed by atoms with Crippen molar-refractivity contribution in [3.63, 3.8) is 0 Å². The van der Waals surface area contributed by atoms with Crippen molar-refractivity contribution in [2.24, 2.45) is 5.92 Å². The number of hydrogen-bond donors (Lipinski definition) is 0. The van der Waals surface area contributed by atoms with Crippen LogP contribution in [-0.2, 0) is 6.42 Å². The van der Waals surface area contributed by atoms with Crippen molar-refractivity contribution in [1.29, 1.82) is 0 Å². The molecule has 2 atom stereocenters. The third kappa shape index (κ3) is 4.00. The van der Waals surface area contributed by atoms with E-state index in [9.17, 15) is 22.0 Å². The van der Waals surface area contributed by atoms with Crippen LogP contribution in [0, 0.1) is 17.6 Å². The van der Waals surface area contributed by atoms with Crippen LogP contribution in [0.1, 0.15) is 48.8 Å². The van der Waals surface area contributed by atoms with Crippen molar-refractivity contribution in [2.75, 3.05) is 0 Å². The zero-order chi connectivity index (χ0) is 21.5. The molecule has 3 aromatic rings. The highest BCUT2D eigenvalue weighted by molar-refractivity contribution is 5.87. The lowest BCUT2D eigenvalue weighted by atomic mass is 9.69. The Bertz CT molecular complexity index is 1070. The maximum Gasteiger partial charge on any atom is 0.573 e. The molecule has 0 saturated heterocycles. The Labute approximate surface area is 171 Å². The molecule has 0 aliphatic heterocycles. The summed E-state index contributed by atoms with van der Waals surface area (Å²) in [5.41, 5.74) is 2.62. The summed E-state index contributed by atoms with van der Waals surface area (Å²) < 4.78 is 69.6. The van der Waals surface area contributed by atoms with Gasteiger partial charge in [-0.3, -0.25) is 0 Å². The summed E-state index contributed by atoms with van der Waals surface area (Å²) in [4.78, 5) is 0. The van der Waals surface area contributed by atoms with Crippen molar-refractivity contribution in [3.8, 4) is 5.75 Å². The summed E-state index contributed by atoms with van der Waals surface area (Å²) in [6.45, 7) is 2.07. The Balaban J connectivity index is 1.82. The molecule has 0 N–H and O–H groups in total. The van der Waals surface area contributed by atoms with Gasteiger partial charge in [0.05, 0.1) is 0 Å². The van der Waals surface area contributed by atoms with Crippen LogP contribution >= 0.6 is 0 Å². The summed E-state index contributed by atoms with van der Waals surface area (Å²) in [5.74, 6) is -2.14. The van der Waals surface area contributed by atoms with Crippen LogP contribution in [0.15, 0.2) is 48.5 Å². The highest BCUT2D eigenvalue weighted by atomic mass is 19.4. The van der Waals surface area contributed by atoms with E-state index in [-0.39, 0.29) is 17.7 Å². The summed E-state index contributed by atoms with van der Waals surface area (Å²) in [6.07, 6.45) is -1.46. The van der Waals surface area contributed by atoms with Gasteiger partial charge in [-0.1, -0.05) is 37.6 Å². The van der Waals surface area contributed by atoms with Gasteiger partial charge in [0.2, 0.25) is 0 Å². The quantitative estimate of drug-likeness (QED) is 0.397. The van der Waals surface area contributed by atoms with Gasteiger partial charge >= 0.3 is 6.36 Å². The number of alkyl halides is 3. The van der Waals surface area contributed by atoms with Gasteiger partial charge in [0.15, 0.2) is 11.6 Å². The number of benzene rings is 3. The monoisotopic (exact) mass is 420 g/mol. The molecular formula is C24H21F5O.